The molecule has 86 valence electrons. The van der Waals surface area contributed by atoms with E-state index in [0.29, 0.717) is 0 Å². The van der Waals surface area contributed by atoms with Gasteiger partial charge in [0.05, 0.1) is 11.9 Å². The third kappa shape index (κ3) is 4.00. The molecule has 0 aliphatic heterocycles. The standard InChI is InChI=1S/C13H17FN2/c1-3-5-6-7-12(15-4-2)13-9-8-11(14)10-16-13/h1,8-10,12,15H,4-7H2,2H3. The molecule has 1 aromatic rings. The van der Waals surface area contributed by atoms with E-state index in [1.165, 1.54) is 12.3 Å². The molecule has 16 heavy (non-hydrogen) atoms. The number of unbranched alkanes of at least 4 members (excludes halogenated alkanes) is 1. The number of hydrogen-bond donors (Lipinski definition) is 1. The monoisotopic (exact) mass is 220 g/mol. The van der Waals surface area contributed by atoms with E-state index < -0.39 is 0 Å². The molecule has 0 aliphatic rings. The normalized spacial score (nSPS) is 12.1. The van der Waals surface area contributed by atoms with Crippen molar-refractivity contribution in [3.8, 4) is 12.3 Å². The minimum absolute atomic E-state index is 0.166. The van der Waals surface area contributed by atoms with Crippen molar-refractivity contribution in [1.82, 2.24) is 10.3 Å². The molecule has 0 spiro atoms. The molecule has 1 atom stereocenters. The summed E-state index contributed by atoms with van der Waals surface area (Å²) in [4.78, 5) is 4.09. The fourth-order valence-electron chi connectivity index (χ4n) is 1.60. The van der Waals surface area contributed by atoms with Gasteiger partial charge in [-0.15, -0.1) is 12.3 Å². The van der Waals surface area contributed by atoms with Crippen LogP contribution in [0.3, 0.4) is 0 Å². The van der Waals surface area contributed by atoms with Gasteiger partial charge in [0.15, 0.2) is 0 Å². The zero-order chi connectivity index (χ0) is 11.8. The molecule has 0 saturated heterocycles. The fraction of sp³-hybridized carbons (Fsp3) is 0.462. The quantitative estimate of drug-likeness (QED) is 0.589. The van der Waals surface area contributed by atoms with Crippen molar-refractivity contribution in [2.24, 2.45) is 0 Å². The Bertz CT molecular complexity index is 340. The smallest absolute Gasteiger partial charge is 0.141 e. The van der Waals surface area contributed by atoms with Gasteiger partial charge in [0.2, 0.25) is 0 Å². The molecule has 1 rings (SSSR count). The zero-order valence-corrected chi connectivity index (χ0v) is 9.54. The van der Waals surface area contributed by atoms with Gasteiger partial charge in [0.25, 0.3) is 0 Å². The van der Waals surface area contributed by atoms with Gasteiger partial charge in [-0.25, -0.2) is 4.39 Å². The van der Waals surface area contributed by atoms with Crippen LogP contribution < -0.4 is 5.32 Å². The first-order chi connectivity index (χ1) is 7.77. The van der Waals surface area contributed by atoms with Crippen molar-refractivity contribution in [2.45, 2.75) is 32.2 Å². The Morgan fingerprint density at radius 2 is 2.38 bits per heavy atom. The van der Waals surface area contributed by atoms with Gasteiger partial charge in [-0.1, -0.05) is 6.92 Å². The number of nitrogens with one attached hydrogen (secondary N) is 1. The van der Waals surface area contributed by atoms with Crippen LogP contribution in [-0.2, 0) is 0 Å². The number of aromatic nitrogens is 1. The summed E-state index contributed by atoms with van der Waals surface area (Å²) in [5, 5.41) is 3.32. The lowest BCUT2D eigenvalue weighted by molar-refractivity contribution is 0.488. The van der Waals surface area contributed by atoms with Crippen molar-refractivity contribution in [3.05, 3.63) is 29.8 Å². The summed E-state index contributed by atoms with van der Waals surface area (Å²) in [6.45, 7) is 2.90. The molecule has 0 aromatic carbocycles. The molecule has 1 N–H and O–H groups in total. The molecular formula is C13H17FN2. The van der Waals surface area contributed by atoms with Crippen LogP contribution in [0.5, 0.6) is 0 Å². The van der Waals surface area contributed by atoms with Gasteiger partial charge in [0.1, 0.15) is 5.82 Å². The van der Waals surface area contributed by atoms with Gasteiger partial charge in [-0.2, -0.15) is 0 Å². The summed E-state index contributed by atoms with van der Waals surface area (Å²) in [6, 6.07) is 3.32. The molecular weight excluding hydrogens is 203 g/mol. The maximum absolute atomic E-state index is 12.7. The van der Waals surface area contributed by atoms with Crippen molar-refractivity contribution < 1.29 is 4.39 Å². The zero-order valence-electron chi connectivity index (χ0n) is 9.54. The lowest BCUT2D eigenvalue weighted by atomic mass is 10.1. The number of rotatable bonds is 6. The predicted octanol–water partition coefficient (Wildman–Crippen LogP) is 2.67. The molecule has 3 heteroatoms. The molecule has 0 fully saturated rings. The summed E-state index contributed by atoms with van der Waals surface area (Å²) in [5.74, 6) is 2.31. The van der Waals surface area contributed by atoms with Crippen LogP contribution in [0, 0.1) is 18.2 Å². The summed E-state index contributed by atoms with van der Waals surface area (Å²) < 4.78 is 12.7. The number of pyridine rings is 1. The highest BCUT2D eigenvalue weighted by molar-refractivity contribution is 5.09. The number of terminal acetylenes is 1. The van der Waals surface area contributed by atoms with Crippen LogP contribution in [-0.4, -0.2) is 11.5 Å². The second kappa shape index (κ2) is 6.97. The molecule has 0 bridgehead atoms. The average Bonchev–Trinajstić information content (AvgIpc) is 2.29. The van der Waals surface area contributed by atoms with Gasteiger partial charge in [-0.3, -0.25) is 4.98 Å². The molecule has 1 aromatic heterocycles. The molecule has 0 aliphatic carbocycles. The van der Waals surface area contributed by atoms with Crippen LogP contribution in [0.15, 0.2) is 18.3 Å². The van der Waals surface area contributed by atoms with Gasteiger partial charge in [0, 0.05) is 12.5 Å². The topological polar surface area (TPSA) is 24.9 Å². The SMILES string of the molecule is C#CCCCC(NCC)c1ccc(F)cn1. The summed E-state index contributed by atoms with van der Waals surface area (Å²) in [7, 11) is 0. The minimum atomic E-state index is -0.303. The van der Waals surface area contributed by atoms with Gasteiger partial charge in [-0.05, 0) is 31.5 Å². The first-order valence-electron chi connectivity index (χ1n) is 5.56. The molecule has 0 radical (unpaired) electrons. The third-order valence-electron chi connectivity index (χ3n) is 2.37. The van der Waals surface area contributed by atoms with Crippen molar-refractivity contribution in [1.29, 1.82) is 0 Å². The lowest BCUT2D eigenvalue weighted by Crippen LogP contribution is -2.21. The molecule has 1 unspecified atom stereocenters. The van der Waals surface area contributed by atoms with E-state index >= 15 is 0 Å². The fourth-order valence-corrected chi connectivity index (χ4v) is 1.60. The Hall–Kier alpha value is -1.40. The second-order valence-electron chi connectivity index (χ2n) is 3.61. The van der Waals surface area contributed by atoms with E-state index in [2.05, 4.69) is 16.2 Å². The van der Waals surface area contributed by atoms with E-state index in [4.69, 9.17) is 6.42 Å². The Morgan fingerprint density at radius 3 is 2.94 bits per heavy atom. The summed E-state index contributed by atoms with van der Waals surface area (Å²) in [5.41, 5.74) is 0.875. The second-order valence-corrected chi connectivity index (χ2v) is 3.61. The highest BCUT2D eigenvalue weighted by atomic mass is 19.1. The average molecular weight is 220 g/mol. The number of hydrogen-bond acceptors (Lipinski definition) is 2. The molecule has 0 amide bonds. The highest BCUT2D eigenvalue weighted by Gasteiger charge is 2.10. The predicted molar refractivity (Wildman–Crippen MR) is 63.3 cm³/mol. The van der Waals surface area contributed by atoms with Crippen molar-refractivity contribution in [3.63, 3.8) is 0 Å². The first-order valence-corrected chi connectivity index (χ1v) is 5.56. The maximum Gasteiger partial charge on any atom is 0.141 e. The molecule has 1 heterocycles. The Morgan fingerprint density at radius 1 is 1.56 bits per heavy atom. The van der Waals surface area contributed by atoms with Crippen LogP contribution in [0.2, 0.25) is 0 Å². The van der Waals surface area contributed by atoms with E-state index in [1.54, 1.807) is 6.07 Å². The Balaban J connectivity index is 2.62. The van der Waals surface area contributed by atoms with E-state index in [9.17, 15) is 4.39 Å². The van der Waals surface area contributed by atoms with Crippen LogP contribution in [0.25, 0.3) is 0 Å². The first kappa shape index (κ1) is 12.7. The van der Waals surface area contributed by atoms with E-state index in [-0.39, 0.29) is 11.9 Å². The van der Waals surface area contributed by atoms with E-state index in [0.717, 1.165) is 31.5 Å². The third-order valence-corrected chi connectivity index (χ3v) is 2.37. The molecule has 0 saturated carbocycles. The van der Waals surface area contributed by atoms with Crippen molar-refractivity contribution >= 4 is 0 Å². The summed E-state index contributed by atoms with van der Waals surface area (Å²) in [6.07, 6.45) is 9.11. The van der Waals surface area contributed by atoms with Gasteiger partial charge < -0.3 is 5.32 Å². The number of nitrogens with zero attached hydrogens (tertiary/aromatic N) is 1. The van der Waals surface area contributed by atoms with Crippen LogP contribution in [0.1, 0.15) is 37.9 Å². The minimum Gasteiger partial charge on any atom is -0.309 e. The van der Waals surface area contributed by atoms with Crippen LogP contribution >= 0.6 is 0 Å². The van der Waals surface area contributed by atoms with Crippen LogP contribution in [0.4, 0.5) is 4.39 Å². The highest BCUT2D eigenvalue weighted by Crippen LogP contribution is 2.17. The molecule has 2 nitrogen and oxygen atoms in total. The maximum atomic E-state index is 12.7. The number of halogens is 1. The largest absolute Gasteiger partial charge is 0.309 e. The Kier molecular flexibility index (Phi) is 5.52. The van der Waals surface area contributed by atoms with Gasteiger partial charge >= 0.3 is 0 Å². The lowest BCUT2D eigenvalue weighted by Gasteiger charge is -2.16. The summed E-state index contributed by atoms with van der Waals surface area (Å²) >= 11 is 0. The van der Waals surface area contributed by atoms with E-state index in [1.807, 2.05) is 6.92 Å². The van der Waals surface area contributed by atoms with Crippen molar-refractivity contribution in [2.75, 3.05) is 6.54 Å². The Labute approximate surface area is 96.3 Å².